The smallest absolute Gasteiger partial charge is 0.164 e. The highest BCUT2D eigenvalue weighted by atomic mass is 32.1. The third-order valence-corrected chi connectivity index (χ3v) is 10.3. The Morgan fingerprint density at radius 3 is 1.85 bits per heavy atom. The second kappa shape index (κ2) is 10.7. The van der Waals surface area contributed by atoms with Gasteiger partial charge in [-0.15, -0.1) is 11.3 Å². The lowest BCUT2D eigenvalue weighted by molar-refractivity contribution is 0.669. The Morgan fingerprint density at radius 2 is 1.02 bits per heavy atom. The molecule has 0 saturated carbocycles. The van der Waals surface area contributed by atoms with Crippen molar-refractivity contribution in [2.24, 2.45) is 0 Å². The molecule has 224 valence electrons. The van der Waals surface area contributed by atoms with Gasteiger partial charge in [0.2, 0.25) is 0 Å². The van der Waals surface area contributed by atoms with Crippen LogP contribution in [0.15, 0.2) is 156 Å². The molecule has 0 amide bonds. The van der Waals surface area contributed by atoms with Crippen molar-refractivity contribution in [2.75, 3.05) is 0 Å². The van der Waals surface area contributed by atoms with E-state index < -0.39 is 0 Å². The first-order valence-corrected chi connectivity index (χ1v) is 16.7. The summed E-state index contributed by atoms with van der Waals surface area (Å²) in [5.41, 5.74) is 6.76. The number of benzene rings is 7. The fraction of sp³-hybridized carbons (Fsp3) is 0. The maximum Gasteiger partial charge on any atom is 0.164 e. The Hall–Kier alpha value is -6.17. The van der Waals surface area contributed by atoms with Crippen LogP contribution in [0.2, 0.25) is 0 Å². The van der Waals surface area contributed by atoms with Crippen molar-refractivity contribution in [3.05, 3.63) is 152 Å². The minimum absolute atomic E-state index is 0.613. The van der Waals surface area contributed by atoms with E-state index in [4.69, 9.17) is 19.4 Å². The second-order valence-electron chi connectivity index (χ2n) is 12.0. The van der Waals surface area contributed by atoms with Gasteiger partial charge in [0, 0.05) is 47.6 Å². The van der Waals surface area contributed by atoms with Crippen LogP contribution in [0.3, 0.4) is 0 Å². The highest BCUT2D eigenvalue weighted by Crippen LogP contribution is 2.39. The van der Waals surface area contributed by atoms with Crippen molar-refractivity contribution >= 4 is 64.2 Å². The SMILES string of the molecule is c1ccc(-c2nc(-c3ccc(-c4ccc5sc6cc7ccccc7cc6c5c4)cc3)nc(-c3cccc4oc5ccccc5c34)n2)cc1. The molecule has 0 N–H and O–H groups in total. The molecule has 10 aromatic rings. The maximum atomic E-state index is 6.19. The molecule has 3 heterocycles. The third-order valence-electron chi connectivity index (χ3n) is 9.12. The van der Waals surface area contributed by atoms with E-state index in [9.17, 15) is 0 Å². The zero-order chi connectivity index (χ0) is 31.6. The van der Waals surface area contributed by atoms with Crippen molar-refractivity contribution in [1.29, 1.82) is 0 Å². The van der Waals surface area contributed by atoms with Crippen LogP contribution in [-0.4, -0.2) is 15.0 Å². The third kappa shape index (κ3) is 4.40. The van der Waals surface area contributed by atoms with Crippen molar-refractivity contribution in [3.63, 3.8) is 0 Å². The molecule has 3 aromatic heterocycles. The van der Waals surface area contributed by atoms with Gasteiger partial charge in [-0.2, -0.15) is 0 Å². The van der Waals surface area contributed by atoms with Crippen LogP contribution in [-0.2, 0) is 0 Å². The lowest BCUT2D eigenvalue weighted by Crippen LogP contribution is -2.00. The van der Waals surface area contributed by atoms with Gasteiger partial charge in [0.1, 0.15) is 11.2 Å². The Bertz CT molecular complexity index is 2830. The van der Waals surface area contributed by atoms with Crippen molar-refractivity contribution in [2.45, 2.75) is 0 Å². The number of para-hydroxylation sites is 1. The number of thiophene rings is 1. The molecule has 0 fully saturated rings. The zero-order valence-corrected chi connectivity index (χ0v) is 26.4. The van der Waals surface area contributed by atoms with Gasteiger partial charge in [0.05, 0.1) is 0 Å². The second-order valence-corrected chi connectivity index (χ2v) is 13.1. The molecule has 0 atom stereocenters. The molecule has 0 bridgehead atoms. The Balaban J connectivity index is 1.09. The predicted molar refractivity (Wildman–Crippen MR) is 199 cm³/mol. The van der Waals surface area contributed by atoms with Gasteiger partial charge in [-0.3, -0.25) is 0 Å². The number of aromatic nitrogens is 3. The maximum absolute atomic E-state index is 6.19. The minimum atomic E-state index is 0.613. The first-order valence-electron chi connectivity index (χ1n) is 15.9. The Morgan fingerprint density at radius 1 is 0.396 bits per heavy atom. The average molecular weight is 632 g/mol. The fourth-order valence-electron chi connectivity index (χ4n) is 6.76. The summed E-state index contributed by atoms with van der Waals surface area (Å²) < 4.78 is 8.81. The number of furan rings is 1. The minimum Gasteiger partial charge on any atom is -0.456 e. The quantitative estimate of drug-likeness (QED) is 0.194. The molecule has 48 heavy (non-hydrogen) atoms. The van der Waals surface area contributed by atoms with E-state index in [-0.39, 0.29) is 0 Å². The average Bonchev–Trinajstić information content (AvgIpc) is 3.71. The zero-order valence-electron chi connectivity index (χ0n) is 25.6. The van der Waals surface area contributed by atoms with Gasteiger partial charge in [-0.1, -0.05) is 115 Å². The Kier molecular flexibility index (Phi) is 6.01. The summed E-state index contributed by atoms with van der Waals surface area (Å²) in [6.45, 7) is 0. The summed E-state index contributed by atoms with van der Waals surface area (Å²) in [7, 11) is 0. The molecule has 0 spiro atoms. The number of nitrogens with zero attached hydrogens (tertiary/aromatic N) is 3. The van der Waals surface area contributed by atoms with Crippen LogP contribution in [0, 0.1) is 0 Å². The molecular weight excluding hydrogens is 607 g/mol. The van der Waals surface area contributed by atoms with E-state index in [1.165, 1.54) is 36.5 Å². The highest BCUT2D eigenvalue weighted by molar-refractivity contribution is 7.25. The largest absolute Gasteiger partial charge is 0.456 e. The summed E-state index contributed by atoms with van der Waals surface area (Å²) in [6.07, 6.45) is 0. The van der Waals surface area contributed by atoms with E-state index in [1.807, 2.05) is 72.0 Å². The van der Waals surface area contributed by atoms with Gasteiger partial charge in [-0.05, 0) is 58.3 Å². The summed E-state index contributed by atoms with van der Waals surface area (Å²) in [5.74, 6) is 1.87. The van der Waals surface area contributed by atoms with Crippen molar-refractivity contribution < 1.29 is 4.42 Å². The molecule has 5 heteroatoms. The summed E-state index contributed by atoms with van der Waals surface area (Å²) in [4.78, 5) is 15.1. The molecule has 4 nitrogen and oxygen atoms in total. The van der Waals surface area contributed by atoms with Crippen LogP contribution >= 0.6 is 11.3 Å². The van der Waals surface area contributed by atoms with Gasteiger partial charge < -0.3 is 4.42 Å². The lowest BCUT2D eigenvalue weighted by atomic mass is 10.0. The van der Waals surface area contributed by atoms with E-state index >= 15 is 0 Å². The molecule has 0 saturated heterocycles. The van der Waals surface area contributed by atoms with Gasteiger partial charge in [-0.25, -0.2) is 15.0 Å². The van der Waals surface area contributed by atoms with E-state index in [0.29, 0.717) is 17.5 Å². The van der Waals surface area contributed by atoms with Crippen LogP contribution in [0.1, 0.15) is 0 Å². The molecular formula is C43H25N3OS. The van der Waals surface area contributed by atoms with Gasteiger partial charge in [0.15, 0.2) is 17.5 Å². The first-order chi connectivity index (χ1) is 23.7. The molecule has 0 unspecified atom stereocenters. The van der Waals surface area contributed by atoms with Crippen LogP contribution in [0.4, 0.5) is 0 Å². The monoisotopic (exact) mass is 631 g/mol. The number of hydrogen-bond donors (Lipinski definition) is 0. The molecule has 0 aliphatic rings. The number of hydrogen-bond acceptors (Lipinski definition) is 5. The lowest BCUT2D eigenvalue weighted by Gasteiger charge is -2.10. The molecule has 0 aliphatic heterocycles. The van der Waals surface area contributed by atoms with Crippen LogP contribution < -0.4 is 0 Å². The fourth-order valence-corrected chi connectivity index (χ4v) is 7.87. The normalized spacial score (nSPS) is 11.8. The topological polar surface area (TPSA) is 51.8 Å². The predicted octanol–water partition coefficient (Wildman–Crippen LogP) is 12.0. The van der Waals surface area contributed by atoms with Crippen LogP contribution in [0.5, 0.6) is 0 Å². The van der Waals surface area contributed by atoms with Crippen molar-refractivity contribution in [1.82, 2.24) is 15.0 Å². The number of fused-ring (bicyclic) bond motifs is 7. The summed E-state index contributed by atoms with van der Waals surface area (Å²) in [6, 6.07) is 52.8. The summed E-state index contributed by atoms with van der Waals surface area (Å²) >= 11 is 1.85. The van der Waals surface area contributed by atoms with E-state index in [2.05, 4.69) is 91.0 Å². The Labute approximate surface area is 279 Å². The molecule has 0 aliphatic carbocycles. The van der Waals surface area contributed by atoms with E-state index in [0.717, 1.165) is 44.2 Å². The molecule has 0 radical (unpaired) electrons. The molecule has 7 aromatic carbocycles. The van der Waals surface area contributed by atoms with Gasteiger partial charge in [0.25, 0.3) is 0 Å². The van der Waals surface area contributed by atoms with E-state index in [1.54, 1.807) is 0 Å². The summed E-state index contributed by atoms with van der Waals surface area (Å²) in [5, 5.41) is 7.18. The van der Waals surface area contributed by atoms with Crippen molar-refractivity contribution in [3.8, 4) is 45.3 Å². The van der Waals surface area contributed by atoms with Crippen LogP contribution in [0.25, 0.3) is 98.2 Å². The number of rotatable bonds is 4. The van der Waals surface area contributed by atoms with Gasteiger partial charge >= 0.3 is 0 Å². The highest BCUT2D eigenvalue weighted by Gasteiger charge is 2.18. The molecule has 10 rings (SSSR count). The first kappa shape index (κ1) is 27.0. The standard InChI is InChI=1S/C43H25N3OS/c1-2-9-27(10-3-1)41-44-42(46-43(45-41)33-14-8-16-37-40(33)32-13-6-7-15-36(32)47-37)28-19-17-26(18-20-28)31-21-22-38-34(24-31)35-23-29-11-4-5-12-30(29)25-39(35)48-38/h1-25H.